The summed E-state index contributed by atoms with van der Waals surface area (Å²) in [6.45, 7) is 4.18. The largest absolute Gasteiger partial charge is 0.389 e. The topological polar surface area (TPSA) is 55.1 Å². The van der Waals surface area contributed by atoms with Crippen molar-refractivity contribution < 1.29 is 4.79 Å². The minimum atomic E-state index is 0.0773. The SMILES string of the molecule is CCCCC(CC)C(=O)Nc1cccc(C(N)=S)c1. The Kier molecular flexibility index (Phi) is 6.50. The molecule has 0 spiro atoms. The standard InChI is InChI=1S/C15H22N2OS/c1-3-5-7-11(4-2)15(18)17-13-9-6-8-12(10-13)14(16)19/h6,8-11H,3-5,7H2,1-2H3,(H2,16,19)(H,17,18). The third-order valence-corrected chi connectivity index (χ3v) is 3.42. The van der Waals surface area contributed by atoms with Crippen LogP contribution in [0.4, 0.5) is 5.69 Å². The third kappa shape index (κ3) is 4.99. The summed E-state index contributed by atoms with van der Waals surface area (Å²) in [4.78, 5) is 12.5. The van der Waals surface area contributed by atoms with Gasteiger partial charge in [0.05, 0.1) is 0 Å². The van der Waals surface area contributed by atoms with Crippen molar-refractivity contribution >= 4 is 28.8 Å². The molecular weight excluding hydrogens is 256 g/mol. The van der Waals surface area contributed by atoms with E-state index in [-0.39, 0.29) is 11.8 Å². The Morgan fingerprint density at radius 2 is 2.16 bits per heavy atom. The summed E-state index contributed by atoms with van der Waals surface area (Å²) in [6.07, 6.45) is 3.99. The van der Waals surface area contributed by atoms with Crippen LogP contribution in [-0.2, 0) is 4.79 Å². The number of thiocarbonyl (C=S) groups is 1. The Morgan fingerprint density at radius 3 is 2.74 bits per heavy atom. The zero-order valence-electron chi connectivity index (χ0n) is 11.6. The fourth-order valence-corrected chi connectivity index (χ4v) is 2.09. The van der Waals surface area contributed by atoms with E-state index in [0.29, 0.717) is 4.99 Å². The molecule has 0 aromatic heterocycles. The second-order valence-corrected chi connectivity index (χ2v) is 5.12. The first-order valence-corrected chi connectivity index (χ1v) is 7.20. The monoisotopic (exact) mass is 278 g/mol. The molecule has 0 bridgehead atoms. The van der Waals surface area contributed by atoms with Gasteiger partial charge in [-0.05, 0) is 25.0 Å². The second-order valence-electron chi connectivity index (χ2n) is 4.68. The lowest BCUT2D eigenvalue weighted by molar-refractivity contribution is -0.120. The molecule has 104 valence electrons. The lowest BCUT2D eigenvalue weighted by Gasteiger charge is -2.15. The molecule has 0 fully saturated rings. The molecule has 0 heterocycles. The van der Waals surface area contributed by atoms with E-state index in [4.69, 9.17) is 18.0 Å². The van der Waals surface area contributed by atoms with Gasteiger partial charge >= 0.3 is 0 Å². The molecular formula is C15H22N2OS. The summed E-state index contributed by atoms with van der Waals surface area (Å²) >= 11 is 4.93. The molecule has 0 aliphatic heterocycles. The van der Waals surface area contributed by atoms with Crippen molar-refractivity contribution in [1.82, 2.24) is 0 Å². The maximum Gasteiger partial charge on any atom is 0.227 e. The highest BCUT2D eigenvalue weighted by molar-refractivity contribution is 7.80. The van der Waals surface area contributed by atoms with E-state index in [9.17, 15) is 4.79 Å². The Balaban J connectivity index is 2.69. The molecule has 1 rings (SSSR count). The first-order chi connectivity index (χ1) is 9.08. The van der Waals surface area contributed by atoms with E-state index in [0.717, 1.165) is 36.9 Å². The van der Waals surface area contributed by atoms with Gasteiger partial charge in [0.15, 0.2) is 0 Å². The summed E-state index contributed by atoms with van der Waals surface area (Å²) < 4.78 is 0. The Hall–Kier alpha value is -1.42. The van der Waals surface area contributed by atoms with Gasteiger partial charge in [-0.25, -0.2) is 0 Å². The van der Waals surface area contributed by atoms with Crippen molar-refractivity contribution in [3.05, 3.63) is 29.8 Å². The number of nitrogens with one attached hydrogen (secondary N) is 1. The Labute approximate surface area is 120 Å². The molecule has 1 aromatic rings. The van der Waals surface area contributed by atoms with Crippen LogP contribution in [0.5, 0.6) is 0 Å². The van der Waals surface area contributed by atoms with Gasteiger partial charge in [0.1, 0.15) is 4.99 Å². The predicted octanol–water partition coefficient (Wildman–Crippen LogP) is 3.48. The molecule has 3 nitrogen and oxygen atoms in total. The number of benzene rings is 1. The second kappa shape index (κ2) is 7.89. The lowest BCUT2D eigenvalue weighted by atomic mass is 9.98. The van der Waals surface area contributed by atoms with Crippen molar-refractivity contribution in [2.75, 3.05) is 5.32 Å². The predicted molar refractivity (Wildman–Crippen MR) is 84.3 cm³/mol. The van der Waals surface area contributed by atoms with Crippen LogP contribution < -0.4 is 11.1 Å². The van der Waals surface area contributed by atoms with Gasteiger partial charge in [-0.1, -0.05) is 51.0 Å². The summed E-state index contributed by atoms with van der Waals surface area (Å²) in [7, 11) is 0. The molecule has 3 N–H and O–H groups in total. The van der Waals surface area contributed by atoms with Gasteiger partial charge in [0.25, 0.3) is 0 Å². The molecule has 0 aliphatic rings. The first kappa shape index (κ1) is 15.6. The smallest absolute Gasteiger partial charge is 0.227 e. The molecule has 1 amide bonds. The lowest BCUT2D eigenvalue weighted by Crippen LogP contribution is -2.22. The minimum Gasteiger partial charge on any atom is -0.389 e. The van der Waals surface area contributed by atoms with E-state index < -0.39 is 0 Å². The zero-order valence-corrected chi connectivity index (χ0v) is 12.4. The van der Waals surface area contributed by atoms with Crippen LogP contribution in [0.15, 0.2) is 24.3 Å². The zero-order chi connectivity index (χ0) is 14.3. The van der Waals surface area contributed by atoms with Crippen LogP contribution >= 0.6 is 12.2 Å². The van der Waals surface area contributed by atoms with Crippen molar-refractivity contribution in [3.63, 3.8) is 0 Å². The molecule has 1 aromatic carbocycles. The number of carbonyl (C=O) groups is 1. The number of nitrogens with two attached hydrogens (primary N) is 1. The highest BCUT2D eigenvalue weighted by Gasteiger charge is 2.15. The fraction of sp³-hybridized carbons (Fsp3) is 0.467. The molecule has 0 saturated carbocycles. The van der Waals surface area contributed by atoms with E-state index in [1.165, 1.54) is 0 Å². The van der Waals surface area contributed by atoms with Crippen LogP contribution in [0.3, 0.4) is 0 Å². The van der Waals surface area contributed by atoms with Gasteiger partial charge in [-0.15, -0.1) is 0 Å². The third-order valence-electron chi connectivity index (χ3n) is 3.18. The maximum atomic E-state index is 12.2. The van der Waals surface area contributed by atoms with Crippen molar-refractivity contribution in [1.29, 1.82) is 0 Å². The van der Waals surface area contributed by atoms with Crippen LogP contribution in [0.1, 0.15) is 45.1 Å². The number of hydrogen-bond acceptors (Lipinski definition) is 2. The van der Waals surface area contributed by atoms with Gasteiger partial charge in [-0.2, -0.15) is 0 Å². The van der Waals surface area contributed by atoms with E-state index in [1.807, 2.05) is 31.2 Å². The van der Waals surface area contributed by atoms with Crippen LogP contribution in [-0.4, -0.2) is 10.9 Å². The van der Waals surface area contributed by atoms with Crippen molar-refractivity contribution in [2.24, 2.45) is 11.7 Å². The van der Waals surface area contributed by atoms with Gasteiger partial charge < -0.3 is 11.1 Å². The number of unbranched alkanes of at least 4 members (excludes halogenated alkanes) is 1. The summed E-state index contributed by atoms with van der Waals surface area (Å²) in [5.41, 5.74) is 7.11. The molecule has 1 atom stereocenters. The van der Waals surface area contributed by atoms with Gasteiger partial charge in [-0.3, -0.25) is 4.79 Å². The number of rotatable bonds is 7. The highest BCUT2D eigenvalue weighted by atomic mass is 32.1. The fourth-order valence-electron chi connectivity index (χ4n) is 1.97. The Morgan fingerprint density at radius 1 is 1.42 bits per heavy atom. The summed E-state index contributed by atoms with van der Waals surface area (Å²) in [5.74, 6) is 0.157. The number of amides is 1. The van der Waals surface area contributed by atoms with E-state index in [1.54, 1.807) is 0 Å². The molecule has 0 aliphatic carbocycles. The van der Waals surface area contributed by atoms with Crippen molar-refractivity contribution in [3.8, 4) is 0 Å². The first-order valence-electron chi connectivity index (χ1n) is 6.79. The van der Waals surface area contributed by atoms with Gasteiger partial charge in [0, 0.05) is 17.2 Å². The van der Waals surface area contributed by atoms with E-state index in [2.05, 4.69) is 12.2 Å². The Bertz CT molecular complexity index is 446. The van der Waals surface area contributed by atoms with Crippen LogP contribution in [0, 0.1) is 5.92 Å². The maximum absolute atomic E-state index is 12.2. The average molecular weight is 278 g/mol. The normalized spacial score (nSPS) is 11.9. The summed E-state index contributed by atoms with van der Waals surface area (Å²) in [5, 5.41) is 2.94. The van der Waals surface area contributed by atoms with E-state index >= 15 is 0 Å². The molecule has 4 heteroatoms. The minimum absolute atomic E-state index is 0.0773. The molecule has 0 saturated heterocycles. The van der Waals surface area contributed by atoms with Gasteiger partial charge in [0.2, 0.25) is 5.91 Å². The quantitative estimate of drug-likeness (QED) is 0.751. The number of hydrogen-bond donors (Lipinski definition) is 2. The molecule has 1 unspecified atom stereocenters. The highest BCUT2D eigenvalue weighted by Crippen LogP contribution is 2.17. The average Bonchev–Trinajstić information content (AvgIpc) is 2.40. The van der Waals surface area contributed by atoms with Crippen molar-refractivity contribution in [2.45, 2.75) is 39.5 Å². The number of anilines is 1. The molecule has 0 radical (unpaired) electrons. The number of carbonyl (C=O) groups excluding carboxylic acids is 1. The van der Waals surface area contributed by atoms with Crippen LogP contribution in [0.25, 0.3) is 0 Å². The summed E-state index contributed by atoms with van der Waals surface area (Å²) in [6, 6.07) is 7.35. The van der Waals surface area contributed by atoms with Crippen LogP contribution in [0.2, 0.25) is 0 Å². The molecule has 19 heavy (non-hydrogen) atoms.